The van der Waals surface area contributed by atoms with Crippen LogP contribution in [0.4, 0.5) is 0 Å². The fourth-order valence-electron chi connectivity index (χ4n) is 1.92. The summed E-state index contributed by atoms with van der Waals surface area (Å²) in [5.41, 5.74) is 1.54. The molecule has 0 N–H and O–H groups in total. The van der Waals surface area contributed by atoms with Crippen LogP contribution in [-0.2, 0) is 0 Å². The van der Waals surface area contributed by atoms with Gasteiger partial charge in [-0.3, -0.25) is 0 Å². The summed E-state index contributed by atoms with van der Waals surface area (Å²) in [6.45, 7) is 15.0. The molecule has 2 aromatic rings. The van der Waals surface area contributed by atoms with Crippen molar-refractivity contribution in [2.75, 3.05) is 0 Å². The third-order valence-corrected chi connectivity index (χ3v) is 3.22. The number of hydrogen-bond donors (Lipinski definition) is 0. The van der Waals surface area contributed by atoms with Crippen LogP contribution in [0, 0.1) is 12.3 Å². The van der Waals surface area contributed by atoms with Crippen LogP contribution in [0.1, 0.15) is 46.1 Å². The first kappa shape index (κ1) is 14.6. The molecule has 0 amide bonds. The van der Waals surface area contributed by atoms with Gasteiger partial charge >= 0.3 is 0 Å². The van der Waals surface area contributed by atoms with E-state index in [1.54, 1.807) is 0 Å². The Morgan fingerprint density at radius 2 is 1.44 bits per heavy atom. The molecule has 2 rings (SSSR count). The first-order chi connectivity index (χ1) is 8.48. The van der Waals surface area contributed by atoms with Crippen molar-refractivity contribution in [2.24, 2.45) is 5.41 Å². The van der Waals surface area contributed by atoms with Crippen LogP contribution in [0.2, 0.25) is 0 Å². The van der Waals surface area contributed by atoms with Crippen molar-refractivity contribution in [1.82, 2.24) is 0 Å². The molecule has 0 nitrogen and oxygen atoms in total. The minimum atomic E-state index is 0.211. The van der Waals surface area contributed by atoms with Gasteiger partial charge in [0.15, 0.2) is 0 Å². The van der Waals surface area contributed by atoms with Gasteiger partial charge < -0.3 is 0 Å². The summed E-state index contributed by atoms with van der Waals surface area (Å²) in [7, 11) is 0. The van der Waals surface area contributed by atoms with E-state index < -0.39 is 0 Å². The summed E-state index contributed by atoms with van der Waals surface area (Å²) in [6.07, 6.45) is 0. The molecule has 18 heavy (non-hydrogen) atoms. The molecule has 0 saturated heterocycles. The first-order valence-corrected chi connectivity index (χ1v) is 6.80. The maximum Gasteiger partial charge on any atom is 0.125 e. The van der Waals surface area contributed by atoms with Crippen LogP contribution in [0.15, 0.2) is 42.5 Å². The van der Waals surface area contributed by atoms with Crippen LogP contribution in [0.25, 0.3) is 10.8 Å². The summed E-state index contributed by atoms with van der Waals surface area (Å²) >= 11 is 0. The minimum Gasteiger partial charge on any atom is -0.0683 e. The molecule has 0 heterocycles. The normalized spacial score (nSPS) is 12.7. The van der Waals surface area contributed by atoms with Crippen LogP contribution < -0.4 is 0 Å². The Labute approximate surface area is 112 Å². The molecular formula is C18H25+. The van der Waals surface area contributed by atoms with E-state index in [4.69, 9.17) is 0 Å². The molecule has 0 aliphatic carbocycles. The lowest BCUT2D eigenvalue weighted by molar-refractivity contribution is 0.364. The SMILES string of the molecule is CC.[CH2+]C(c1ccc2ccccc2c1)C(C)(C)C. The molecule has 0 aromatic heterocycles. The zero-order valence-corrected chi connectivity index (χ0v) is 12.3. The molecular weight excluding hydrogens is 216 g/mol. The third-order valence-electron chi connectivity index (χ3n) is 3.22. The van der Waals surface area contributed by atoms with E-state index in [2.05, 4.69) is 70.2 Å². The lowest BCUT2D eigenvalue weighted by atomic mass is 9.77. The molecule has 96 valence electrons. The largest absolute Gasteiger partial charge is 0.125 e. The average molecular weight is 241 g/mol. The maximum atomic E-state index is 4.29. The zero-order valence-electron chi connectivity index (χ0n) is 12.3. The van der Waals surface area contributed by atoms with Gasteiger partial charge in [-0.15, -0.1) is 0 Å². The van der Waals surface area contributed by atoms with E-state index in [9.17, 15) is 0 Å². The van der Waals surface area contributed by atoms with E-state index in [0.717, 1.165) is 0 Å². The first-order valence-electron chi connectivity index (χ1n) is 6.80. The fourth-order valence-corrected chi connectivity index (χ4v) is 1.92. The summed E-state index contributed by atoms with van der Waals surface area (Å²) < 4.78 is 0. The summed E-state index contributed by atoms with van der Waals surface area (Å²) in [5.74, 6) is 0.331. The molecule has 1 atom stereocenters. The molecule has 0 aliphatic heterocycles. The monoisotopic (exact) mass is 241 g/mol. The average Bonchev–Trinajstić information content (AvgIpc) is 2.38. The van der Waals surface area contributed by atoms with Crippen molar-refractivity contribution in [3.8, 4) is 0 Å². The Hall–Kier alpha value is -1.43. The second-order valence-electron chi connectivity index (χ2n) is 5.53. The second-order valence-corrected chi connectivity index (χ2v) is 5.53. The van der Waals surface area contributed by atoms with Gasteiger partial charge in [0, 0.05) is 11.0 Å². The van der Waals surface area contributed by atoms with E-state index in [1.165, 1.54) is 16.3 Å². The summed E-state index contributed by atoms with van der Waals surface area (Å²) in [4.78, 5) is 0. The Balaban J connectivity index is 0.000000771. The van der Waals surface area contributed by atoms with Gasteiger partial charge in [-0.2, -0.15) is 0 Å². The standard InChI is InChI=1S/C16H19.C2H6/c1-12(16(2,3)4)14-10-9-13-7-5-6-8-15(13)11-14;1-2/h5-12H,1H2,2-4H3;1-2H3/q+1;. The Kier molecular flexibility index (Phi) is 4.84. The second kappa shape index (κ2) is 5.95. The summed E-state index contributed by atoms with van der Waals surface area (Å²) in [5, 5.41) is 2.60. The molecule has 0 aliphatic rings. The van der Waals surface area contributed by atoms with Crippen molar-refractivity contribution in [1.29, 1.82) is 0 Å². The molecule has 0 fully saturated rings. The van der Waals surface area contributed by atoms with Crippen LogP contribution in [0.3, 0.4) is 0 Å². The van der Waals surface area contributed by atoms with Gasteiger partial charge in [-0.25, -0.2) is 0 Å². The van der Waals surface area contributed by atoms with E-state index >= 15 is 0 Å². The highest BCUT2D eigenvalue weighted by atomic mass is 14.3. The highest BCUT2D eigenvalue weighted by Crippen LogP contribution is 2.35. The topological polar surface area (TPSA) is 0 Å². The minimum absolute atomic E-state index is 0.211. The third kappa shape index (κ3) is 3.29. The number of rotatable bonds is 1. The van der Waals surface area contributed by atoms with Gasteiger partial charge in [0.05, 0.1) is 6.92 Å². The molecule has 1 unspecified atom stereocenters. The van der Waals surface area contributed by atoms with Gasteiger partial charge in [0.1, 0.15) is 5.92 Å². The number of fused-ring (bicyclic) bond motifs is 1. The summed E-state index contributed by atoms with van der Waals surface area (Å²) in [6, 6.07) is 15.1. The van der Waals surface area contributed by atoms with Gasteiger partial charge in [0.2, 0.25) is 0 Å². The molecule has 0 bridgehead atoms. The van der Waals surface area contributed by atoms with Gasteiger partial charge in [-0.05, 0) is 16.8 Å². The Morgan fingerprint density at radius 3 is 2.00 bits per heavy atom. The van der Waals surface area contributed by atoms with Gasteiger partial charge in [-0.1, -0.05) is 71.0 Å². The predicted molar refractivity (Wildman–Crippen MR) is 82.8 cm³/mol. The lowest BCUT2D eigenvalue weighted by Crippen LogP contribution is -2.15. The maximum absolute atomic E-state index is 4.29. The van der Waals surface area contributed by atoms with Crippen LogP contribution in [0.5, 0.6) is 0 Å². The van der Waals surface area contributed by atoms with Crippen molar-refractivity contribution < 1.29 is 0 Å². The van der Waals surface area contributed by atoms with Crippen molar-refractivity contribution in [3.05, 3.63) is 55.0 Å². The quantitative estimate of drug-likeness (QED) is 0.551. The molecule has 0 spiro atoms. The number of hydrogen-bond acceptors (Lipinski definition) is 0. The highest BCUT2D eigenvalue weighted by Gasteiger charge is 2.27. The highest BCUT2D eigenvalue weighted by molar-refractivity contribution is 5.83. The molecule has 2 aromatic carbocycles. The zero-order chi connectivity index (χ0) is 13.8. The Bertz CT molecular complexity index is 489. The fraction of sp³-hybridized carbons (Fsp3) is 0.389. The number of benzene rings is 2. The Morgan fingerprint density at radius 1 is 0.889 bits per heavy atom. The van der Waals surface area contributed by atoms with Crippen LogP contribution in [-0.4, -0.2) is 0 Å². The van der Waals surface area contributed by atoms with Crippen molar-refractivity contribution in [3.63, 3.8) is 0 Å². The molecule has 0 saturated carbocycles. The van der Waals surface area contributed by atoms with E-state index in [-0.39, 0.29) is 5.41 Å². The lowest BCUT2D eigenvalue weighted by Gasteiger charge is -2.22. The van der Waals surface area contributed by atoms with E-state index in [1.807, 2.05) is 13.8 Å². The van der Waals surface area contributed by atoms with Crippen molar-refractivity contribution >= 4 is 10.8 Å². The molecule has 0 radical (unpaired) electrons. The predicted octanol–water partition coefficient (Wildman–Crippen LogP) is 5.83. The van der Waals surface area contributed by atoms with Crippen LogP contribution >= 0.6 is 0 Å². The van der Waals surface area contributed by atoms with Crippen molar-refractivity contribution in [2.45, 2.75) is 40.5 Å². The van der Waals surface area contributed by atoms with E-state index in [0.29, 0.717) is 5.92 Å². The molecule has 0 heteroatoms. The van der Waals surface area contributed by atoms with Gasteiger partial charge in [0.25, 0.3) is 0 Å². The smallest absolute Gasteiger partial charge is 0.0683 e.